The molecule has 0 spiro atoms. The first-order valence-corrected chi connectivity index (χ1v) is 9.06. The van der Waals surface area contributed by atoms with Crippen molar-refractivity contribution < 1.29 is 0 Å². The van der Waals surface area contributed by atoms with Crippen LogP contribution in [0.2, 0.25) is 0 Å². The zero-order valence-corrected chi connectivity index (χ0v) is 15.6. The summed E-state index contributed by atoms with van der Waals surface area (Å²) < 4.78 is 0. The maximum Gasteiger partial charge on any atom is 0.0610 e. The van der Waals surface area contributed by atoms with E-state index in [4.69, 9.17) is 0 Å². The number of nitrogens with one attached hydrogen (secondary N) is 1. The number of aromatic nitrogens is 1. The van der Waals surface area contributed by atoms with Crippen molar-refractivity contribution in [3.8, 4) is 0 Å². The van der Waals surface area contributed by atoms with E-state index in [-0.39, 0.29) is 0 Å². The number of benzene rings is 1. The van der Waals surface area contributed by atoms with Crippen LogP contribution in [0.1, 0.15) is 37.5 Å². The average molecular weight is 341 g/mol. The van der Waals surface area contributed by atoms with E-state index in [1.807, 2.05) is 18.5 Å². The highest BCUT2D eigenvalue weighted by molar-refractivity contribution is 6.11. The fourth-order valence-corrected chi connectivity index (χ4v) is 3.82. The average Bonchev–Trinajstić information content (AvgIpc) is 2.99. The second-order valence-corrected chi connectivity index (χ2v) is 6.89. The number of nitrogens with zero attached hydrogens (tertiary/aromatic N) is 2. The second kappa shape index (κ2) is 6.41. The topological polar surface area (TPSA) is 37.3 Å². The normalized spacial score (nSPS) is 16.6. The van der Waals surface area contributed by atoms with Gasteiger partial charge in [-0.3, -0.25) is 9.98 Å². The van der Waals surface area contributed by atoms with Gasteiger partial charge in [-0.2, -0.15) is 0 Å². The van der Waals surface area contributed by atoms with Gasteiger partial charge in [0.1, 0.15) is 0 Å². The van der Waals surface area contributed by atoms with Gasteiger partial charge in [0.15, 0.2) is 0 Å². The molecule has 0 radical (unpaired) electrons. The smallest absolute Gasteiger partial charge is 0.0610 e. The Morgan fingerprint density at radius 1 is 1.12 bits per heavy atom. The summed E-state index contributed by atoms with van der Waals surface area (Å²) in [5.41, 5.74) is 11.6. The van der Waals surface area contributed by atoms with Crippen molar-refractivity contribution in [3.63, 3.8) is 0 Å². The van der Waals surface area contributed by atoms with Gasteiger partial charge >= 0.3 is 0 Å². The zero-order chi connectivity index (χ0) is 18.3. The molecule has 0 amide bonds. The Balaban J connectivity index is 2.07. The molecule has 2 aliphatic rings. The van der Waals surface area contributed by atoms with Crippen LogP contribution in [0.3, 0.4) is 0 Å². The highest BCUT2D eigenvalue weighted by atomic mass is 14.9. The molecule has 3 heteroatoms. The van der Waals surface area contributed by atoms with E-state index in [1.54, 1.807) is 0 Å². The maximum atomic E-state index is 4.65. The van der Waals surface area contributed by atoms with Crippen LogP contribution in [0, 0.1) is 0 Å². The molecule has 0 saturated heterocycles. The van der Waals surface area contributed by atoms with Crippen molar-refractivity contribution >= 4 is 17.0 Å². The summed E-state index contributed by atoms with van der Waals surface area (Å²) >= 11 is 0. The molecule has 1 aromatic carbocycles. The van der Waals surface area contributed by atoms with Gasteiger partial charge in [-0.1, -0.05) is 25.6 Å². The Hall–Kier alpha value is -2.94. The van der Waals surface area contributed by atoms with E-state index < -0.39 is 0 Å². The maximum absolute atomic E-state index is 4.65. The fourth-order valence-electron chi connectivity index (χ4n) is 3.82. The minimum absolute atomic E-state index is 0.764. The molecule has 4 rings (SSSR count). The monoisotopic (exact) mass is 341 g/mol. The summed E-state index contributed by atoms with van der Waals surface area (Å²) in [6.45, 7) is 11.5. The minimum atomic E-state index is 0.764. The number of aryl methyl sites for hydroxylation is 1. The van der Waals surface area contributed by atoms with Gasteiger partial charge in [-0.15, -0.1) is 0 Å². The molecule has 3 heterocycles. The molecular formula is C23H23N3. The number of aliphatic imine (C=N–C) groups is 1. The number of anilines is 1. The largest absolute Gasteiger partial charge is 0.355 e. The predicted octanol–water partition coefficient (Wildman–Crippen LogP) is 5.18. The Morgan fingerprint density at radius 2 is 1.96 bits per heavy atom. The third-order valence-electron chi connectivity index (χ3n) is 5.14. The molecule has 2 aromatic rings. The molecule has 2 aliphatic heterocycles. The Kier molecular flexibility index (Phi) is 4.08. The van der Waals surface area contributed by atoms with Crippen molar-refractivity contribution in [2.45, 2.75) is 27.2 Å². The van der Waals surface area contributed by atoms with E-state index in [0.29, 0.717) is 0 Å². The van der Waals surface area contributed by atoms with Gasteiger partial charge < -0.3 is 5.32 Å². The van der Waals surface area contributed by atoms with Crippen LogP contribution in [-0.4, -0.2) is 17.2 Å². The van der Waals surface area contributed by atoms with Crippen LogP contribution >= 0.6 is 0 Å². The lowest BCUT2D eigenvalue weighted by Gasteiger charge is -2.29. The molecule has 1 aromatic heterocycles. The summed E-state index contributed by atoms with van der Waals surface area (Å²) in [6, 6.07) is 10.7. The van der Waals surface area contributed by atoms with Gasteiger partial charge in [-0.05, 0) is 49.6 Å². The highest BCUT2D eigenvalue weighted by Crippen LogP contribution is 2.43. The van der Waals surface area contributed by atoms with E-state index in [2.05, 4.69) is 66.9 Å². The summed E-state index contributed by atoms with van der Waals surface area (Å²) in [5, 5.41) is 3.52. The van der Waals surface area contributed by atoms with Crippen LogP contribution in [0.15, 0.2) is 76.7 Å². The van der Waals surface area contributed by atoms with Crippen molar-refractivity contribution in [3.05, 3.63) is 88.4 Å². The molecular weight excluding hydrogens is 318 g/mol. The zero-order valence-electron chi connectivity index (χ0n) is 15.6. The first-order chi connectivity index (χ1) is 12.6. The van der Waals surface area contributed by atoms with E-state index in [1.165, 1.54) is 27.8 Å². The number of allylic oxidation sites excluding steroid dienone is 1. The molecule has 0 aliphatic carbocycles. The molecule has 130 valence electrons. The fraction of sp³-hybridized carbons (Fsp3) is 0.217. The van der Waals surface area contributed by atoms with Crippen LogP contribution < -0.4 is 5.32 Å². The first kappa shape index (κ1) is 16.5. The first-order valence-electron chi connectivity index (χ1n) is 9.06. The van der Waals surface area contributed by atoms with Gasteiger partial charge in [-0.25, -0.2) is 0 Å². The quantitative estimate of drug-likeness (QED) is 0.835. The molecule has 1 N–H and O–H groups in total. The SMILES string of the molecule is C=C1Nc2ccc(CC)cc2C(c2cccnc2)=C1C1=C(C)CN=C1C. The molecule has 0 atom stereocenters. The minimum Gasteiger partial charge on any atom is -0.355 e. The van der Waals surface area contributed by atoms with Crippen molar-refractivity contribution in [1.29, 1.82) is 0 Å². The lowest BCUT2D eigenvalue weighted by Crippen LogP contribution is -2.16. The second-order valence-electron chi connectivity index (χ2n) is 6.89. The van der Waals surface area contributed by atoms with Crippen LogP contribution in [-0.2, 0) is 6.42 Å². The van der Waals surface area contributed by atoms with E-state index in [0.717, 1.165) is 41.2 Å². The van der Waals surface area contributed by atoms with Crippen LogP contribution in [0.5, 0.6) is 0 Å². The summed E-state index contributed by atoms with van der Waals surface area (Å²) in [4.78, 5) is 9.02. The summed E-state index contributed by atoms with van der Waals surface area (Å²) in [7, 11) is 0. The Bertz CT molecular complexity index is 991. The van der Waals surface area contributed by atoms with Gasteiger partial charge in [0.05, 0.1) is 6.54 Å². The molecule has 3 nitrogen and oxygen atoms in total. The number of hydrogen-bond donors (Lipinski definition) is 1. The molecule has 0 saturated carbocycles. The van der Waals surface area contributed by atoms with Crippen LogP contribution in [0.25, 0.3) is 5.57 Å². The third kappa shape index (κ3) is 2.60. The number of rotatable bonds is 3. The van der Waals surface area contributed by atoms with Crippen LogP contribution in [0.4, 0.5) is 5.69 Å². The standard InChI is InChI=1S/C23H23N3/c1-5-17-8-9-20-19(11-17)23(18-7-6-10-24-13-18)22(16(4)26-20)21-14(2)12-25-15(21)3/h6-11,13,26H,4-5,12H2,1-3H3. The van der Waals surface area contributed by atoms with Gasteiger partial charge in [0.25, 0.3) is 0 Å². The molecule has 26 heavy (non-hydrogen) atoms. The Labute approximate surface area is 154 Å². The van der Waals surface area contributed by atoms with Gasteiger partial charge in [0, 0.05) is 57.3 Å². The molecule has 0 fully saturated rings. The number of hydrogen-bond acceptors (Lipinski definition) is 3. The summed E-state index contributed by atoms with van der Waals surface area (Å²) in [6.07, 6.45) is 4.76. The van der Waals surface area contributed by atoms with Gasteiger partial charge in [0.2, 0.25) is 0 Å². The Morgan fingerprint density at radius 3 is 2.62 bits per heavy atom. The summed E-state index contributed by atoms with van der Waals surface area (Å²) in [5.74, 6) is 0. The highest BCUT2D eigenvalue weighted by Gasteiger charge is 2.29. The van der Waals surface area contributed by atoms with Crippen molar-refractivity contribution in [1.82, 2.24) is 4.98 Å². The third-order valence-corrected chi connectivity index (χ3v) is 5.14. The van der Waals surface area contributed by atoms with E-state index >= 15 is 0 Å². The number of pyridine rings is 1. The molecule has 0 bridgehead atoms. The van der Waals surface area contributed by atoms with E-state index in [9.17, 15) is 0 Å². The lowest BCUT2D eigenvalue weighted by molar-refractivity contribution is 1.13. The molecule has 0 unspecified atom stereocenters. The van der Waals surface area contributed by atoms with Crippen molar-refractivity contribution in [2.75, 3.05) is 11.9 Å². The number of fused-ring (bicyclic) bond motifs is 1. The van der Waals surface area contributed by atoms with Crippen molar-refractivity contribution in [2.24, 2.45) is 4.99 Å². The predicted molar refractivity (Wildman–Crippen MR) is 110 cm³/mol. The lowest BCUT2D eigenvalue weighted by atomic mass is 9.82.